The summed E-state index contributed by atoms with van der Waals surface area (Å²) in [5.74, 6) is -0.245. The van der Waals surface area contributed by atoms with Crippen molar-refractivity contribution in [3.8, 4) is 11.1 Å². The van der Waals surface area contributed by atoms with E-state index in [4.69, 9.17) is 0 Å². The molecule has 5 heteroatoms. The van der Waals surface area contributed by atoms with Gasteiger partial charge in [0.2, 0.25) is 5.91 Å². The second-order valence-corrected chi connectivity index (χ2v) is 8.32. The lowest BCUT2D eigenvalue weighted by atomic mass is 9.99. The van der Waals surface area contributed by atoms with Gasteiger partial charge in [0.05, 0.1) is 6.04 Å². The number of nitrogens with one attached hydrogen (secondary N) is 1. The van der Waals surface area contributed by atoms with Crippen LogP contribution in [0.2, 0.25) is 0 Å². The van der Waals surface area contributed by atoms with Crippen molar-refractivity contribution in [2.45, 2.75) is 38.4 Å². The Morgan fingerprint density at radius 1 is 1.07 bits per heavy atom. The number of carbonyl (C=O) groups is 1. The highest BCUT2D eigenvalue weighted by Crippen LogP contribution is 2.24. The van der Waals surface area contributed by atoms with Crippen molar-refractivity contribution in [3.05, 3.63) is 82.3 Å². The van der Waals surface area contributed by atoms with E-state index in [2.05, 4.69) is 51.3 Å². The highest BCUT2D eigenvalue weighted by molar-refractivity contribution is 7.08. The van der Waals surface area contributed by atoms with Crippen LogP contribution in [0.5, 0.6) is 0 Å². The van der Waals surface area contributed by atoms with Crippen molar-refractivity contribution in [1.82, 2.24) is 10.2 Å². The van der Waals surface area contributed by atoms with E-state index >= 15 is 0 Å². The zero-order valence-corrected chi connectivity index (χ0v) is 17.1. The average molecular weight is 409 g/mol. The molecule has 1 aliphatic rings. The van der Waals surface area contributed by atoms with E-state index in [1.54, 1.807) is 17.4 Å². The number of piperidine rings is 1. The summed E-state index contributed by atoms with van der Waals surface area (Å²) in [4.78, 5) is 15.1. The molecule has 3 nitrogen and oxygen atoms in total. The summed E-state index contributed by atoms with van der Waals surface area (Å²) in [5.41, 5.74) is 4.46. The number of benzene rings is 2. The Labute approximate surface area is 175 Å². The largest absolute Gasteiger partial charge is 0.351 e. The summed E-state index contributed by atoms with van der Waals surface area (Å²) in [5, 5.41) is 7.23. The van der Waals surface area contributed by atoms with E-state index < -0.39 is 0 Å². The predicted molar refractivity (Wildman–Crippen MR) is 116 cm³/mol. The number of carbonyl (C=O) groups excluding carboxylic acids is 1. The van der Waals surface area contributed by atoms with Crippen LogP contribution in [-0.2, 0) is 17.9 Å². The van der Waals surface area contributed by atoms with Crippen LogP contribution >= 0.6 is 11.3 Å². The molecule has 1 saturated heterocycles. The predicted octanol–water partition coefficient (Wildman–Crippen LogP) is 5.23. The molecule has 1 aliphatic heterocycles. The van der Waals surface area contributed by atoms with Gasteiger partial charge in [-0.3, -0.25) is 9.69 Å². The number of thiophene rings is 1. The number of hydrogen-bond donors (Lipinski definition) is 1. The maximum absolute atomic E-state index is 13.3. The molecule has 2 aromatic carbocycles. The minimum Gasteiger partial charge on any atom is -0.351 e. The Bertz CT molecular complexity index is 940. The molecule has 1 atom stereocenters. The molecule has 0 spiro atoms. The van der Waals surface area contributed by atoms with Crippen molar-refractivity contribution >= 4 is 17.2 Å². The molecule has 0 aliphatic carbocycles. The van der Waals surface area contributed by atoms with Crippen molar-refractivity contribution < 1.29 is 9.18 Å². The van der Waals surface area contributed by atoms with E-state index in [0.29, 0.717) is 6.54 Å². The SMILES string of the molecule is O=C(NCc1cccc(F)c1)C1CCCCN1Cc1ccc(-c2ccsc2)cc1. The molecule has 1 unspecified atom stereocenters. The minimum absolute atomic E-state index is 0.0313. The first-order valence-corrected chi connectivity index (χ1v) is 11.0. The second-order valence-electron chi connectivity index (χ2n) is 7.54. The molecule has 4 rings (SSSR count). The molecule has 1 fully saturated rings. The highest BCUT2D eigenvalue weighted by Gasteiger charge is 2.28. The highest BCUT2D eigenvalue weighted by atomic mass is 32.1. The topological polar surface area (TPSA) is 32.3 Å². The number of nitrogens with zero attached hydrogens (tertiary/aromatic N) is 1. The minimum atomic E-state index is -0.276. The van der Waals surface area contributed by atoms with Gasteiger partial charge in [-0.05, 0) is 70.6 Å². The molecule has 2 heterocycles. The molecular weight excluding hydrogens is 383 g/mol. The zero-order chi connectivity index (χ0) is 20.1. The van der Waals surface area contributed by atoms with Crippen molar-refractivity contribution in [2.75, 3.05) is 6.54 Å². The maximum atomic E-state index is 13.3. The van der Waals surface area contributed by atoms with Crippen molar-refractivity contribution in [2.24, 2.45) is 0 Å². The van der Waals surface area contributed by atoms with Crippen LogP contribution < -0.4 is 5.32 Å². The summed E-state index contributed by atoms with van der Waals surface area (Å²) >= 11 is 1.70. The molecule has 1 N–H and O–H groups in total. The van der Waals surface area contributed by atoms with E-state index in [1.165, 1.54) is 28.8 Å². The van der Waals surface area contributed by atoms with Crippen molar-refractivity contribution in [1.29, 1.82) is 0 Å². The van der Waals surface area contributed by atoms with Gasteiger partial charge in [-0.25, -0.2) is 4.39 Å². The molecule has 29 heavy (non-hydrogen) atoms. The van der Waals surface area contributed by atoms with Crippen LogP contribution in [0.4, 0.5) is 4.39 Å². The van der Waals surface area contributed by atoms with Gasteiger partial charge < -0.3 is 5.32 Å². The molecule has 150 valence electrons. The van der Waals surface area contributed by atoms with Gasteiger partial charge in [-0.1, -0.05) is 42.8 Å². The van der Waals surface area contributed by atoms with Gasteiger partial charge >= 0.3 is 0 Å². The molecule has 1 aromatic heterocycles. The first kappa shape index (κ1) is 19.8. The van der Waals surface area contributed by atoms with Gasteiger partial charge in [-0.2, -0.15) is 11.3 Å². The van der Waals surface area contributed by atoms with Gasteiger partial charge in [0, 0.05) is 13.1 Å². The summed E-state index contributed by atoms with van der Waals surface area (Å²) in [6.45, 7) is 2.04. The fraction of sp³-hybridized carbons (Fsp3) is 0.292. The molecule has 1 amide bonds. The average Bonchev–Trinajstić information content (AvgIpc) is 3.28. The molecule has 0 saturated carbocycles. The lowest BCUT2D eigenvalue weighted by Gasteiger charge is -2.34. The lowest BCUT2D eigenvalue weighted by Crippen LogP contribution is -2.48. The summed E-state index contributed by atoms with van der Waals surface area (Å²) < 4.78 is 13.3. The normalized spacial score (nSPS) is 17.2. The summed E-state index contributed by atoms with van der Waals surface area (Å²) in [7, 11) is 0. The fourth-order valence-electron chi connectivity index (χ4n) is 3.90. The van der Waals surface area contributed by atoms with Crippen LogP contribution in [0.3, 0.4) is 0 Å². The lowest BCUT2D eigenvalue weighted by molar-refractivity contribution is -0.128. The van der Waals surface area contributed by atoms with Crippen molar-refractivity contribution in [3.63, 3.8) is 0 Å². The van der Waals surface area contributed by atoms with Crippen LogP contribution in [-0.4, -0.2) is 23.4 Å². The Balaban J connectivity index is 1.38. The van der Waals surface area contributed by atoms with Gasteiger partial charge in [0.1, 0.15) is 5.82 Å². The third kappa shape index (κ3) is 5.11. The second kappa shape index (κ2) is 9.33. The van der Waals surface area contributed by atoms with E-state index in [1.807, 2.05) is 6.07 Å². The Morgan fingerprint density at radius 2 is 1.93 bits per heavy atom. The van der Waals surface area contributed by atoms with E-state index in [0.717, 1.165) is 37.9 Å². The van der Waals surface area contributed by atoms with Crippen LogP contribution in [0.25, 0.3) is 11.1 Å². The van der Waals surface area contributed by atoms with Crippen LogP contribution in [0.15, 0.2) is 65.4 Å². The molecule has 0 radical (unpaired) electrons. The number of amides is 1. The number of likely N-dealkylation sites (tertiary alicyclic amines) is 1. The maximum Gasteiger partial charge on any atom is 0.237 e. The first-order valence-electron chi connectivity index (χ1n) is 10.1. The standard InChI is InChI=1S/C24H25FN2OS/c25-22-5-3-4-19(14-22)15-26-24(28)23-6-1-2-12-27(23)16-18-7-9-20(10-8-18)21-11-13-29-17-21/h3-5,7-11,13-14,17,23H,1-2,6,12,15-16H2,(H,26,28). The third-order valence-electron chi connectivity index (χ3n) is 5.47. The van der Waals surface area contributed by atoms with Gasteiger partial charge in [0.15, 0.2) is 0 Å². The van der Waals surface area contributed by atoms with Crippen LogP contribution in [0, 0.1) is 5.82 Å². The summed E-state index contributed by atoms with van der Waals surface area (Å²) in [6.07, 6.45) is 3.04. The third-order valence-corrected chi connectivity index (χ3v) is 6.15. The van der Waals surface area contributed by atoms with E-state index in [-0.39, 0.29) is 17.8 Å². The number of halogens is 1. The zero-order valence-electron chi connectivity index (χ0n) is 16.3. The Morgan fingerprint density at radius 3 is 2.69 bits per heavy atom. The van der Waals surface area contributed by atoms with Crippen LogP contribution in [0.1, 0.15) is 30.4 Å². The van der Waals surface area contributed by atoms with E-state index in [9.17, 15) is 9.18 Å². The Kier molecular flexibility index (Phi) is 6.37. The Hall–Kier alpha value is -2.50. The van der Waals surface area contributed by atoms with Gasteiger partial charge in [0.25, 0.3) is 0 Å². The first-order chi connectivity index (χ1) is 14.2. The molecule has 0 bridgehead atoms. The monoisotopic (exact) mass is 408 g/mol. The quantitative estimate of drug-likeness (QED) is 0.606. The number of hydrogen-bond acceptors (Lipinski definition) is 3. The van der Waals surface area contributed by atoms with Gasteiger partial charge in [-0.15, -0.1) is 0 Å². The number of rotatable bonds is 6. The molecular formula is C24H25FN2OS. The summed E-state index contributed by atoms with van der Waals surface area (Å²) in [6, 6.07) is 17.0. The molecule has 3 aromatic rings. The smallest absolute Gasteiger partial charge is 0.237 e. The fourth-order valence-corrected chi connectivity index (χ4v) is 4.56.